The predicted octanol–water partition coefficient (Wildman–Crippen LogP) is 6.67. The van der Waals surface area contributed by atoms with Crippen LogP contribution in [0.4, 0.5) is 0 Å². The van der Waals surface area contributed by atoms with E-state index >= 15 is 0 Å². The van der Waals surface area contributed by atoms with Crippen LogP contribution in [0.2, 0.25) is 24.7 Å². The number of rotatable bonds is 8. The number of hydrogen-bond donors (Lipinski definition) is 1. The number of nitrogens with zero attached hydrogens (tertiary/aromatic N) is 6. The minimum atomic E-state index is -1.40. The second-order valence-corrected chi connectivity index (χ2v) is 17.6. The molecule has 1 aliphatic carbocycles. The van der Waals surface area contributed by atoms with Crippen LogP contribution in [0.3, 0.4) is 0 Å². The molecule has 0 aliphatic heterocycles. The van der Waals surface area contributed by atoms with Crippen molar-refractivity contribution in [2.45, 2.75) is 70.9 Å². The topological polar surface area (TPSA) is 100 Å². The van der Waals surface area contributed by atoms with Gasteiger partial charge in [-0.05, 0) is 57.4 Å². The minimum Gasteiger partial charge on any atom is -0.456 e. The molecule has 1 fully saturated rings. The maximum absolute atomic E-state index is 10.6. The summed E-state index contributed by atoms with van der Waals surface area (Å²) in [5.41, 5.74) is 3.70. The third kappa shape index (κ3) is 4.89. The maximum Gasteiger partial charge on any atom is 0.157 e. The standard InChI is InChI=1S/C29H33ClN6O3Si/c1-18-33-23-13-21(7-9-25(23)35(18)17-38-19(2)40(3,4)5)39-26-10-8-22-28(27(26)30)34-24(15-31-22)20-14-32-36(16-20)29(37)11-6-12-29/h7-10,13-16,19,37H,6,11-12,17H2,1-5H3. The lowest BCUT2D eigenvalue weighted by Gasteiger charge is -2.36. The average molecular weight is 577 g/mol. The van der Waals surface area contributed by atoms with Gasteiger partial charge in [0.05, 0.1) is 42.7 Å². The van der Waals surface area contributed by atoms with Gasteiger partial charge in [-0.3, -0.25) is 4.98 Å². The van der Waals surface area contributed by atoms with Crippen LogP contribution in [-0.4, -0.2) is 48.2 Å². The van der Waals surface area contributed by atoms with Crippen molar-refractivity contribution >= 4 is 41.7 Å². The van der Waals surface area contributed by atoms with Gasteiger partial charge in [-0.15, -0.1) is 0 Å². The Morgan fingerprint density at radius 1 is 1.10 bits per heavy atom. The highest BCUT2D eigenvalue weighted by Gasteiger charge is 2.37. The smallest absolute Gasteiger partial charge is 0.157 e. The minimum absolute atomic E-state index is 0.232. The molecule has 0 saturated heterocycles. The Hall–Kier alpha value is -3.31. The van der Waals surface area contributed by atoms with Crippen molar-refractivity contribution in [2.75, 3.05) is 0 Å². The van der Waals surface area contributed by atoms with E-state index in [0.717, 1.165) is 28.8 Å². The fourth-order valence-corrected chi connectivity index (χ4v) is 5.48. The summed E-state index contributed by atoms with van der Waals surface area (Å²) in [5, 5.41) is 15.3. The molecule has 0 bridgehead atoms. The normalized spacial score (nSPS) is 15.9. The van der Waals surface area contributed by atoms with Gasteiger partial charge in [0, 0.05) is 23.6 Å². The molecule has 208 valence electrons. The van der Waals surface area contributed by atoms with E-state index in [1.54, 1.807) is 29.3 Å². The molecule has 40 heavy (non-hydrogen) atoms. The lowest BCUT2D eigenvalue weighted by molar-refractivity contribution is -0.116. The molecule has 1 N–H and O–H groups in total. The first-order chi connectivity index (χ1) is 19.0. The molecule has 3 aromatic heterocycles. The van der Waals surface area contributed by atoms with Crippen molar-refractivity contribution in [1.29, 1.82) is 0 Å². The van der Waals surface area contributed by atoms with E-state index in [2.05, 4.69) is 41.2 Å². The van der Waals surface area contributed by atoms with Crippen molar-refractivity contribution in [3.05, 3.63) is 59.8 Å². The molecule has 3 heterocycles. The first-order valence-corrected chi connectivity index (χ1v) is 17.5. The quantitative estimate of drug-likeness (QED) is 0.206. The van der Waals surface area contributed by atoms with Gasteiger partial charge in [0.25, 0.3) is 0 Å². The number of ether oxygens (including phenoxy) is 2. The van der Waals surface area contributed by atoms with Crippen LogP contribution >= 0.6 is 11.6 Å². The van der Waals surface area contributed by atoms with Gasteiger partial charge in [0.1, 0.15) is 34.6 Å². The first kappa shape index (κ1) is 26.9. The number of fused-ring (bicyclic) bond motifs is 2. The maximum atomic E-state index is 10.6. The number of aromatic nitrogens is 6. The zero-order valence-corrected chi connectivity index (χ0v) is 25.1. The summed E-state index contributed by atoms with van der Waals surface area (Å²) in [6.07, 6.45) is 7.55. The highest BCUT2D eigenvalue weighted by atomic mass is 35.5. The number of imidazole rings is 1. The SMILES string of the molecule is Cc1nc2cc(Oc3ccc4ncc(-c5cnn(C6(O)CCC6)c5)nc4c3Cl)ccc2n1COC(C)[Si](C)(C)C. The van der Waals surface area contributed by atoms with Gasteiger partial charge in [0.15, 0.2) is 5.72 Å². The highest BCUT2D eigenvalue weighted by Crippen LogP contribution is 2.38. The molecular weight excluding hydrogens is 544 g/mol. The van der Waals surface area contributed by atoms with Crippen molar-refractivity contribution in [3.8, 4) is 22.8 Å². The lowest BCUT2D eigenvalue weighted by atomic mass is 9.88. The molecule has 0 radical (unpaired) electrons. The highest BCUT2D eigenvalue weighted by molar-refractivity contribution is 6.77. The number of benzene rings is 2. The van der Waals surface area contributed by atoms with E-state index in [9.17, 15) is 5.11 Å². The summed E-state index contributed by atoms with van der Waals surface area (Å²) in [7, 11) is -1.40. The van der Waals surface area contributed by atoms with Crippen LogP contribution < -0.4 is 4.74 Å². The molecule has 0 spiro atoms. The zero-order valence-electron chi connectivity index (χ0n) is 23.3. The zero-order chi connectivity index (χ0) is 28.2. The number of halogens is 1. The molecule has 5 aromatic rings. The van der Waals surface area contributed by atoms with Gasteiger partial charge in [-0.1, -0.05) is 31.2 Å². The molecule has 1 aliphatic rings. The Morgan fingerprint density at radius 3 is 2.62 bits per heavy atom. The molecule has 0 amide bonds. The summed E-state index contributed by atoms with van der Waals surface area (Å²) < 4.78 is 16.1. The number of hydrogen-bond acceptors (Lipinski definition) is 7. The predicted molar refractivity (Wildman–Crippen MR) is 158 cm³/mol. The van der Waals surface area contributed by atoms with Crippen LogP contribution in [0.15, 0.2) is 48.9 Å². The van der Waals surface area contributed by atoms with Crippen LogP contribution in [0.1, 0.15) is 32.0 Å². The summed E-state index contributed by atoms with van der Waals surface area (Å²) >= 11 is 6.79. The molecule has 11 heteroatoms. The van der Waals surface area contributed by atoms with Crippen LogP contribution in [0, 0.1) is 6.92 Å². The van der Waals surface area contributed by atoms with E-state index in [1.165, 1.54) is 0 Å². The van der Waals surface area contributed by atoms with Crippen LogP contribution in [0.5, 0.6) is 11.5 Å². The number of aryl methyl sites for hydroxylation is 1. The second kappa shape index (κ2) is 9.95. The average Bonchev–Trinajstić information content (AvgIpc) is 3.51. The summed E-state index contributed by atoms with van der Waals surface area (Å²) in [5.74, 6) is 1.98. The fraction of sp³-hybridized carbons (Fsp3) is 0.379. The largest absolute Gasteiger partial charge is 0.456 e. The van der Waals surface area contributed by atoms with Gasteiger partial charge in [-0.2, -0.15) is 5.10 Å². The van der Waals surface area contributed by atoms with Crippen molar-refractivity contribution in [2.24, 2.45) is 0 Å². The summed E-state index contributed by atoms with van der Waals surface area (Å²) in [6.45, 7) is 11.5. The summed E-state index contributed by atoms with van der Waals surface area (Å²) in [6, 6.07) is 9.44. The van der Waals surface area contributed by atoms with Crippen LogP contribution in [0.25, 0.3) is 33.3 Å². The molecule has 1 unspecified atom stereocenters. The van der Waals surface area contributed by atoms with Crippen molar-refractivity contribution < 1.29 is 14.6 Å². The van der Waals surface area contributed by atoms with Gasteiger partial charge in [0.2, 0.25) is 0 Å². The van der Waals surface area contributed by atoms with E-state index in [0.29, 0.717) is 52.8 Å². The lowest BCUT2D eigenvalue weighted by Crippen LogP contribution is -2.40. The Labute approximate surface area is 238 Å². The molecule has 2 aromatic carbocycles. The number of aliphatic hydroxyl groups is 1. The van der Waals surface area contributed by atoms with Crippen LogP contribution in [-0.2, 0) is 17.2 Å². The monoisotopic (exact) mass is 576 g/mol. The third-order valence-electron chi connectivity index (χ3n) is 7.89. The van der Waals surface area contributed by atoms with Crippen molar-refractivity contribution in [3.63, 3.8) is 0 Å². The molecule has 1 atom stereocenters. The van der Waals surface area contributed by atoms with E-state index in [4.69, 9.17) is 31.0 Å². The molecule has 6 rings (SSSR count). The molecular formula is C29H33ClN6O3Si. The fourth-order valence-electron chi connectivity index (χ4n) is 4.67. The second-order valence-electron chi connectivity index (χ2n) is 11.7. The van der Waals surface area contributed by atoms with Gasteiger partial charge in [-0.25, -0.2) is 14.6 Å². The Balaban J connectivity index is 1.25. The summed E-state index contributed by atoms with van der Waals surface area (Å²) in [4.78, 5) is 14.0. The Kier molecular flexibility index (Phi) is 6.69. The van der Waals surface area contributed by atoms with E-state index in [1.807, 2.05) is 31.2 Å². The van der Waals surface area contributed by atoms with Crippen molar-refractivity contribution in [1.82, 2.24) is 29.3 Å². The first-order valence-electron chi connectivity index (χ1n) is 13.5. The Morgan fingerprint density at radius 2 is 1.90 bits per heavy atom. The molecule has 1 saturated carbocycles. The van der Waals surface area contributed by atoms with E-state index < -0.39 is 13.8 Å². The molecule has 9 nitrogen and oxygen atoms in total. The Bertz CT molecular complexity index is 1720. The van der Waals surface area contributed by atoms with Gasteiger partial charge >= 0.3 is 0 Å². The van der Waals surface area contributed by atoms with Gasteiger partial charge < -0.3 is 19.1 Å². The third-order valence-corrected chi connectivity index (χ3v) is 10.9. The van der Waals surface area contributed by atoms with E-state index in [-0.39, 0.29) is 5.73 Å².